The van der Waals surface area contributed by atoms with Crippen LogP contribution in [0.5, 0.6) is 0 Å². The van der Waals surface area contributed by atoms with Crippen molar-refractivity contribution in [2.24, 2.45) is 0 Å². The maximum absolute atomic E-state index is 11.0. The largest absolute Gasteiger partial charge is 0.293 e. The zero-order valence-electron chi connectivity index (χ0n) is 8.01. The van der Waals surface area contributed by atoms with E-state index in [-0.39, 0.29) is 5.78 Å². The summed E-state index contributed by atoms with van der Waals surface area (Å²) < 4.78 is 0.979. The molecule has 0 radical (unpaired) electrons. The number of Topliss-reactive ketones (excluding diaryl/α,β-unsaturated/α-hetero) is 1. The van der Waals surface area contributed by atoms with E-state index in [1.807, 2.05) is 11.4 Å². The molecule has 0 aliphatic heterocycles. The summed E-state index contributed by atoms with van der Waals surface area (Å²) in [5.41, 5.74) is 0.499. The molecular formula is C10H8N2OS2. The van der Waals surface area contributed by atoms with Gasteiger partial charge in [0.05, 0.1) is 0 Å². The highest BCUT2D eigenvalue weighted by molar-refractivity contribution is 8.01. The van der Waals surface area contributed by atoms with Gasteiger partial charge in [-0.1, -0.05) is 11.8 Å². The van der Waals surface area contributed by atoms with Crippen LogP contribution in [-0.2, 0) is 0 Å². The van der Waals surface area contributed by atoms with Gasteiger partial charge in [0, 0.05) is 29.6 Å². The van der Waals surface area contributed by atoms with Gasteiger partial charge in [-0.15, -0.1) is 11.3 Å². The van der Waals surface area contributed by atoms with Gasteiger partial charge in [0.2, 0.25) is 0 Å². The number of rotatable bonds is 3. The molecule has 0 fully saturated rings. The zero-order chi connectivity index (χ0) is 10.7. The van der Waals surface area contributed by atoms with Crippen molar-refractivity contribution in [3.05, 3.63) is 35.6 Å². The van der Waals surface area contributed by atoms with E-state index in [4.69, 9.17) is 0 Å². The quantitative estimate of drug-likeness (QED) is 0.768. The molecule has 76 valence electrons. The Hall–Kier alpha value is -1.20. The molecule has 3 nitrogen and oxygen atoms in total. The van der Waals surface area contributed by atoms with Gasteiger partial charge in [-0.25, -0.2) is 4.98 Å². The fraction of sp³-hybridized carbons (Fsp3) is 0.100. The van der Waals surface area contributed by atoms with Gasteiger partial charge in [0.15, 0.2) is 10.1 Å². The fourth-order valence-corrected chi connectivity index (χ4v) is 2.57. The Labute approximate surface area is 95.6 Å². The summed E-state index contributed by atoms with van der Waals surface area (Å²) in [7, 11) is 0. The third-order valence-electron chi connectivity index (χ3n) is 1.71. The molecule has 2 heterocycles. The second-order valence-corrected chi connectivity index (χ2v) is 5.05. The van der Waals surface area contributed by atoms with Crippen LogP contribution in [0.2, 0.25) is 0 Å². The number of carbonyl (C=O) groups is 1. The molecule has 0 N–H and O–H groups in total. The summed E-state index contributed by atoms with van der Waals surface area (Å²) >= 11 is 3.13. The molecule has 0 atom stereocenters. The first-order valence-electron chi connectivity index (χ1n) is 4.30. The Morgan fingerprint density at radius 1 is 1.40 bits per heavy atom. The SMILES string of the molecule is CC(=O)c1ccc(Sc2nccs2)cn1. The predicted molar refractivity (Wildman–Crippen MR) is 60.5 cm³/mol. The minimum atomic E-state index is -0.0131. The van der Waals surface area contributed by atoms with Crippen molar-refractivity contribution < 1.29 is 4.79 Å². The lowest BCUT2D eigenvalue weighted by molar-refractivity contribution is 0.101. The van der Waals surface area contributed by atoms with Gasteiger partial charge >= 0.3 is 0 Å². The number of hydrogen-bond donors (Lipinski definition) is 0. The van der Waals surface area contributed by atoms with E-state index in [2.05, 4.69) is 9.97 Å². The van der Waals surface area contributed by atoms with Crippen LogP contribution < -0.4 is 0 Å². The summed E-state index contributed by atoms with van der Waals surface area (Å²) in [6.07, 6.45) is 3.47. The summed E-state index contributed by atoms with van der Waals surface area (Å²) in [4.78, 5) is 20.2. The molecule has 0 saturated carbocycles. The number of aromatic nitrogens is 2. The number of hydrogen-bond acceptors (Lipinski definition) is 5. The van der Waals surface area contributed by atoms with E-state index in [0.29, 0.717) is 5.69 Å². The Balaban J connectivity index is 2.14. The standard InChI is InChI=1S/C10H8N2OS2/c1-7(13)9-3-2-8(6-12-9)15-10-11-4-5-14-10/h2-6H,1H3. The summed E-state index contributed by atoms with van der Waals surface area (Å²) in [6.45, 7) is 1.51. The lowest BCUT2D eigenvalue weighted by atomic mass is 10.3. The molecule has 0 aliphatic carbocycles. The zero-order valence-corrected chi connectivity index (χ0v) is 9.64. The molecule has 0 spiro atoms. The van der Waals surface area contributed by atoms with Crippen molar-refractivity contribution in [1.29, 1.82) is 0 Å². The first-order chi connectivity index (χ1) is 7.25. The minimum absolute atomic E-state index is 0.0131. The van der Waals surface area contributed by atoms with Gasteiger partial charge in [-0.05, 0) is 12.1 Å². The van der Waals surface area contributed by atoms with Crippen LogP contribution in [0.1, 0.15) is 17.4 Å². The number of ketones is 1. The van der Waals surface area contributed by atoms with E-state index in [9.17, 15) is 4.79 Å². The first-order valence-corrected chi connectivity index (χ1v) is 5.99. The molecule has 0 amide bonds. The van der Waals surface area contributed by atoms with Crippen LogP contribution in [0.15, 0.2) is 39.1 Å². The number of thiazole rings is 1. The van der Waals surface area contributed by atoms with Crippen molar-refractivity contribution in [1.82, 2.24) is 9.97 Å². The maximum atomic E-state index is 11.0. The van der Waals surface area contributed by atoms with Crippen molar-refractivity contribution in [2.75, 3.05) is 0 Å². The minimum Gasteiger partial charge on any atom is -0.293 e. The Morgan fingerprint density at radius 2 is 2.27 bits per heavy atom. The van der Waals surface area contributed by atoms with E-state index >= 15 is 0 Å². The molecule has 0 unspecified atom stereocenters. The van der Waals surface area contributed by atoms with Crippen LogP contribution in [0.3, 0.4) is 0 Å². The van der Waals surface area contributed by atoms with E-state index in [0.717, 1.165) is 9.24 Å². The van der Waals surface area contributed by atoms with Crippen LogP contribution in [0, 0.1) is 0 Å². The van der Waals surface area contributed by atoms with Crippen LogP contribution in [0.25, 0.3) is 0 Å². The van der Waals surface area contributed by atoms with Crippen LogP contribution in [-0.4, -0.2) is 15.8 Å². The second kappa shape index (κ2) is 4.55. The van der Waals surface area contributed by atoms with E-state index in [1.165, 1.54) is 6.92 Å². The molecule has 15 heavy (non-hydrogen) atoms. The molecule has 2 aromatic heterocycles. The topological polar surface area (TPSA) is 42.9 Å². The number of pyridine rings is 1. The third-order valence-corrected chi connectivity index (χ3v) is 3.57. The number of carbonyl (C=O) groups excluding carboxylic acids is 1. The smallest absolute Gasteiger partial charge is 0.178 e. The molecule has 0 aliphatic rings. The third kappa shape index (κ3) is 2.64. The van der Waals surface area contributed by atoms with Crippen molar-refractivity contribution in [3.63, 3.8) is 0 Å². The predicted octanol–water partition coefficient (Wildman–Crippen LogP) is 2.89. The monoisotopic (exact) mass is 236 g/mol. The normalized spacial score (nSPS) is 10.2. The van der Waals surface area contributed by atoms with Gasteiger partial charge in [0.1, 0.15) is 5.69 Å². The summed E-state index contributed by atoms with van der Waals surface area (Å²) in [6, 6.07) is 3.62. The van der Waals surface area contributed by atoms with Gasteiger partial charge in [-0.2, -0.15) is 0 Å². The average Bonchev–Trinajstić information content (AvgIpc) is 2.71. The number of nitrogens with zero attached hydrogens (tertiary/aromatic N) is 2. The maximum Gasteiger partial charge on any atom is 0.178 e. The Morgan fingerprint density at radius 3 is 2.80 bits per heavy atom. The lowest BCUT2D eigenvalue weighted by Crippen LogP contribution is -1.94. The molecule has 5 heteroatoms. The second-order valence-electron chi connectivity index (χ2n) is 2.84. The average molecular weight is 236 g/mol. The van der Waals surface area contributed by atoms with E-state index in [1.54, 1.807) is 41.6 Å². The van der Waals surface area contributed by atoms with Crippen LogP contribution >= 0.6 is 23.1 Å². The highest BCUT2D eigenvalue weighted by atomic mass is 32.2. The Bertz CT molecular complexity index is 451. The fourth-order valence-electron chi connectivity index (χ4n) is 1.01. The van der Waals surface area contributed by atoms with Gasteiger partial charge in [0.25, 0.3) is 0 Å². The lowest BCUT2D eigenvalue weighted by Gasteiger charge is -1.98. The molecule has 0 saturated heterocycles. The molecule has 0 aromatic carbocycles. The van der Waals surface area contributed by atoms with Crippen LogP contribution in [0.4, 0.5) is 0 Å². The van der Waals surface area contributed by atoms with Crippen molar-refractivity contribution in [2.45, 2.75) is 16.2 Å². The highest BCUT2D eigenvalue weighted by Gasteiger charge is 2.03. The van der Waals surface area contributed by atoms with E-state index < -0.39 is 0 Å². The van der Waals surface area contributed by atoms with Gasteiger partial charge < -0.3 is 0 Å². The molecule has 0 bridgehead atoms. The highest BCUT2D eigenvalue weighted by Crippen LogP contribution is 2.28. The van der Waals surface area contributed by atoms with Crippen molar-refractivity contribution in [3.8, 4) is 0 Å². The molecule has 2 aromatic rings. The summed E-state index contributed by atoms with van der Waals surface area (Å²) in [5, 5.41) is 1.93. The summed E-state index contributed by atoms with van der Waals surface area (Å²) in [5.74, 6) is -0.0131. The Kier molecular flexibility index (Phi) is 3.13. The first kappa shape index (κ1) is 10.3. The van der Waals surface area contributed by atoms with Gasteiger partial charge in [-0.3, -0.25) is 9.78 Å². The molecule has 2 rings (SSSR count). The molecular weight excluding hydrogens is 228 g/mol. The van der Waals surface area contributed by atoms with Crippen molar-refractivity contribution >= 4 is 28.9 Å².